The van der Waals surface area contributed by atoms with E-state index in [0.717, 1.165) is 5.56 Å². The average Bonchev–Trinajstić information content (AvgIpc) is 3.41. The van der Waals surface area contributed by atoms with Gasteiger partial charge in [-0.25, -0.2) is 18.2 Å². The van der Waals surface area contributed by atoms with Crippen LogP contribution in [0.2, 0.25) is 0 Å². The largest absolute Gasteiger partial charge is 0.497 e. The number of hydrogen-bond donors (Lipinski definition) is 1. The lowest BCUT2D eigenvalue weighted by Gasteiger charge is -2.33. The Morgan fingerprint density at radius 1 is 1.03 bits per heavy atom. The molecule has 1 aliphatic rings. The monoisotopic (exact) mass is 560 g/mol. The van der Waals surface area contributed by atoms with Crippen molar-refractivity contribution in [2.75, 3.05) is 52.3 Å². The fourth-order valence-corrected chi connectivity index (χ4v) is 6.02. The fourth-order valence-electron chi connectivity index (χ4n) is 3.89. The van der Waals surface area contributed by atoms with Crippen molar-refractivity contribution in [2.45, 2.75) is 11.8 Å². The van der Waals surface area contributed by atoms with E-state index in [2.05, 4.69) is 10.3 Å². The van der Waals surface area contributed by atoms with Crippen LogP contribution >= 0.6 is 11.3 Å². The molecule has 202 valence electrons. The molecule has 0 saturated carbocycles. The number of methoxy groups -OCH3 is 2. The zero-order valence-corrected chi connectivity index (χ0v) is 22.8. The molecule has 3 aromatic rings. The molecule has 2 aromatic carbocycles. The molecule has 1 aliphatic heterocycles. The number of sulfonamides is 1. The highest BCUT2D eigenvalue weighted by Gasteiger charge is 2.30. The minimum atomic E-state index is -3.77. The average molecular weight is 561 g/mol. The van der Waals surface area contributed by atoms with Crippen molar-refractivity contribution in [3.8, 4) is 22.8 Å². The van der Waals surface area contributed by atoms with Crippen LogP contribution < -0.4 is 14.8 Å². The quantitative estimate of drug-likeness (QED) is 0.443. The molecule has 0 atom stereocenters. The molecule has 1 saturated heterocycles. The molecule has 1 fully saturated rings. The van der Waals surface area contributed by atoms with Crippen molar-refractivity contribution in [2.24, 2.45) is 0 Å². The Labute approximate surface area is 225 Å². The molecule has 38 heavy (non-hydrogen) atoms. The molecule has 4 rings (SSSR count). The Morgan fingerprint density at radius 2 is 1.74 bits per heavy atom. The van der Waals surface area contributed by atoms with Gasteiger partial charge in [0, 0.05) is 48.8 Å². The predicted octanol–water partition coefficient (Wildman–Crippen LogP) is 3.54. The highest BCUT2D eigenvalue weighted by Crippen LogP contribution is 2.35. The van der Waals surface area contributed by atoms with E-state index in [1.54, 1.807) is 38.7 Å². The van der Waals surface area contributed by atoms with Gasteiger partial charge in [0.05, 0.1) is 31.4 Å². The first kappa shape index (κ1) is 27.4. The number of ether oxygens (including phenoxy) is 3. The second-order valence-electron chi connectivity index (χ2n) is 8.17. The summed E-state index contributed by atoms with van der Waals surface area (Å²) in [7, 11) is -0.645. The molecule has 0 unspecified atom stereocenters. The zero-order valence-electron chi connectivity index (χ0n) is 21.2. The molecule has 1 aromatic heterocycles. The van der Waals surface area contributed by atoms with E-state index < -0.39 is 22.0 Å². The van der Waals surface area contributed by atoms with E-state index >= 15 is 0 Å². The lowest BCUT2D eigenvalue weighted by Crippen LogP contribution is -2.50. The third-order valence-electron chi connectivity index (χ3n) is 5.93. The van der Waals surface area contributed by atoms with Gasteiger partial charge >= 0.3 is 6.09 Å². The summed E-state index contributed by atoms with van der Waals surface area (Å²) >= 11 is 1.26. The number of piperazine rings is 1. The first-order valence-corrected chi connectivity index (χ1v) is 14.1. The summed E-state index contributed by atoms with van der Waals surface area (Å²) < 4.78 is 43.1. The summed E-state index contributed by atoms with van der Waals surface area (Å²) in [5.41, 5.74) is 1.67. The Balaban J connectivity index is 1.40. The van der Waals surface area contributed by atoms with E-state index in [4.69, 9.17) is 14.2 Å². The summed E-state index contributed by atoms with van der Waals surface area (Å²) in [6.45, 7) is 2.80. The number of benzene rings is 2. The summed E-state index contributed by atoms with van der Waals surface area (Å²) in [6.07, 6.45) is -0.449. The molecular formula is C25H28N4O7S2. The van der Waals surface area contributed by atoms with Gasteiger partial charge in [0.15, 0.2) is 5.13 Å². The van der Waals surface area contributed by atoms with E-state index in [-0.39, 0.29) is 43.2 Å². The number of nitrogens with zero attached hydrogens (tertiary/aromatic N) is 3. The predicted molar refractivity (Wildman–Crippen MR) is 142 cm³/mol. The molecule has 0 aliphatic carbocycles. The van der Waals surface area contributed by atoms with Crippen LogP contribution in [0.1, 0.15) is 17.3 Å². The van der Waals surface area contributed by atoms with Crippen molar-refractivity contribution in [3.63, 3.8) is 0 Å². The summed E-state index contributed by atoms with van der Waals surface area (Å²) in [5.74, 6) is 0.824. The molecular weight excluding hydrogens is 532 g/mol. The van der Waals surface area contributed by atoms with Gasteiger partial charge in [-0.2, -0.15) is 4.31 Å². The highest BCUT2D eigenvalue weighted by molar-refractivity contribution is 7.89. The van der Waals surface area contributed by atoms with E-state index in [9.17, 15) is 18.0 Å². The SMILES string of the molecule is CCOC(=O)N1CCN(S(=O)(=O)c2ccc(C(=O)Nc3nc(-c4ccc(OC)cc4OC)cs3)cc2)CC1. The number of carbonyl (C=O) groups is 2. The lowest BCUT2D eigenvalue weighted by atomic mass is 10.1. The van der Waals surface area contributed by atoms with Crippen molar-refractivity contribution >= 4 is 38.5 Å². The zero-order chi connectivity index (χ0) is 27.3. The third-order valence-corrected chi connectivity index (χ3v) is 8.60. The van der Waals surface area contributed by atoms with Gasteiger partial charge in [0.2, 0.25) is 10.0 Å². The van der Waals surface area contributed by atoms with Crippen LogP contribution in [0, 0.1) is 0 Å². The van der Waals surface area contributed by atoms with Gasteiger partial charge in [0.25, 0.3) is 5.91 Å². The van der Waals surface area contributed by atoms with Crippen LogP contribution in [0.5, 0.6) is 11.5 Å². The maximum absolute atomic E-state index is 13.1. The number of carbonyl (C=O) groups excluding carboxylic acids is 2. The van der Waals surface area contributed by atoms with Gasteiger partial charge in [0.1, 0.15) is 11.5 Å². The van der Waals surface area contributed by atoms with E-state index in [1.165, 1.54) is 44.8 Å². The molecule has 0 bridgehead atoms. The second-order valence-corrected chi connectivity index (χ2v) is 11.0. The molecule has 2 heterocycles. The normalized spacial score (nSPS) is 14.1. The maximum atomic E-state index is 13.1. The van der Waals surface area contributed by atoms with Gasteiger partial charge in [-0.1, -0.05) is 0 Å². The summed E-state index contributed by atoms with van der Waals surface area (Å²) in [4.78, 5) is 30.7. The fraction of sp³-hybridized carbons (Fsp3) is 0.320. The highest BCUT2D eigenvalue weighted by atomic mass is 32.2. The smallest absolute Gasteiger partial charge is 0.409 e. The van der Waals surface area contributed by atoms with Gasteiger partial charge in [-0.3, -0.25) is 10.1 Å². The number of rotatable bonds is 8. The lowest BCUT2D eigenvalue weighted by molar-refractivity contribution is 0.0933. The molecule has 2 amide bonds. The topological polar surface area (TPSA) is 127 Å². The van der Waals surface area contributed by atoms with Gasteiger partial charge in [-0.05, 0) is 43.3 Å². The van der Waals surface area contributed by atoms with E-state index in [0.29, 0.717) is 22.3 Å². The van der Waals surface area contributed by atoms with Crippen molar-refractivity contribution < 1.29 is 32.2 Å². The number of thiazole rings is 1. The van der Waals surface area contributed by atoms with Crippen molar-refractivity contribution in [1.29, 1.82) is 0 Å². The standard InChI is InChI=1S/C25H28N4O7S2/c1-4-36-25(31)28-11-13-29(14-12-28)38(32,33)19-8-5-17(6-9-19)23(30)27-24-26-21(16-37-24)20-10-7-18(34-2)15-22(20)35-3/h5-10,15-16H,4,11-14H2,1-3H3,(H,26,27,30). The van der Waals surface area contributed by atoms with Gasteiger partial charge < -0.3 is 19.1 Å². The van der Waals surface area contributed by atoms with Crippen molar-refractivity contribution in [1.82, 2.24) is 14.2 Å². The number of anilines is 1. The first-order valence-electron chi connectivity index (χ1n) is 11.8. The van der Waals surface area contributed by atoms with Crippen LogP contribution in [-0.2, 0) is 14.8 Å². The molecule has 0 spiro atoms. The Bertz CT molecular complexity index is 1400. The van der Waals surface area contributed by atoms with Crippen LogP contribution in [-0.4, -0.2) is 81.6 Å². The number of nitrogens with one attached hydrogen (secondary N) is 1. The van der Waals surface area contributed by atoms with Gasteiger partial charge in [-0.15, -0.1) is 11.3 Å². The van der Waals surface area contributed by atoms with Crippen molar-refractivity contribution in [3.05, 3.63) is 53.4 Å². The van der Waals surface area contributed by atoms with Crippen LogP contribution in [0.25, 0.3) is 11.3 Å². The first-order chi connectivity index (χ1) is 18.3. The third kappa shape index (κ3) is 5.90. The minimum Gasteiger partial charge on any atom is -0.497 e. The molecule has 13 heteroatoms. The molecule has 11 nitrogen and oxygen atoms in total. The Morgan fingerprint density at radius 3 is 2.37 bits per heavy atom. The Hall–Kier alpha value is -3.68. The Kier molecular flexibility index (Phi) is 8.49. The number of amides is 2. The van der Waals surface area contributed by atoms with Crippen LogP contribution in [0.4, 0.5) is 9.93 Å². The van der Waals surface area contributed by atoms with Crippen LogP contribution in [0.15, 0.2) is 52.7 Å². The summed E-state index contributed by atoms with van der Waals surface area (Å²) in [5, 5.41) is 4.94. The number of hydrogen-bond acceptors (Lipinski definition) is 9. The summed E-state index contributed by atoms with van der Waals surface area (Å²) in [6, 6.07) is 11.1. The minimum absolute atomic E-state index is 0.0711. The second kappa shape index (κ2) is 11.8. The molecule has 1 N–H and O–H groups in total. The van der Waals surface area contributed by atoms with Crippen LogP contribution in [0.3, 0.4) is 0 Å². The van der Waals surface area contributed by atoms with E-state index in [1.807, 2.05) is 6.07 Å². The maximum Gasteiger partial charge on any atom is 0.409 e. The number of aromatic nitrogens is 1. The molecule has 0 radical (unpaired) electrons.